The minimum Gasteiger partial charge on any atom is -0.444 e. The summed E-state index contributed by atoms with van der Waals surface area (Å²) < 4.78 is 5.23. The molecular weight excluding hydrogens is 314 g/mol. The molecule has 0 fully saturated rings. The smallest absolute Gasteiger partial charge is 0.407 e. The normalized spacial score (nSPS) is 12.7. The second-order valence-electron chi connectivity index (χ2n) is 6.42. The fourth-order valence-electron chi connectivity index (χ4n) is 1.99. The van der Waals surface area contributed by atoms with Gasteiger partial charge in [0.2, 0.25) is 5.91 Å². The predicted molar refractivity (Wildman–Crippen MR) is 92.6 cm³/mol. The van der Waals surface area contributed by atoms with E-state index in [9.17, 15) is 9.59 Å². The molecule has 1 atom stereocenters. The van der Waals surface area contributed by atoms with Gasteiger partial charge in [0, 0.05) is 29.4 Å². The Labute approximate surface area is 141 Å². The molecule has 0 spiro atoms. The maximum Gasteiger partial charge on any atom is 0.407 e. The van der Waals surface area contributed by atoms with E-state index < -0.39 is 17.6 Å². The summed E-state index contributed by atoms with van der Waals surface area (Å²) in [7, 11) is 0. The van der Waals surface area contributed by atoms with Crippen molar-refractivity contribution in [2.45, 2.75) is 58.7 Å². The van der Waals surface area contributed by atoms with E-state index in [4.69, 9.17) is 10.5 Å². The standard InChI is InChI=1S/C16H27N3O3S/c1-5-6-12(8-19-15(21)22-16(2,3)4)18-9-13-7-11(10-23-13)14(17)20/h7,10,12,18H,5-6,8-9H2,1-4H3,(H2,17,20)(H,19,21). The van der Waals surface area contributed by atoms with Crippen molar-refractivity contribution in [1.29, 1.82) is 0 Å². The van der Waals surface area contributed by atoms with Crippen LogP contribution in [0.3, 0.4) is 0 Å². The molecule has 1 rings (SSSR count). The molecule has 6 nitrogen and oxygen atoms in total. The largest absolute Gasteiger partial charge is 0.444 e. The van der Waals surface area contributed by atoms with Crippen LogP contribution < -0.4 is 16.4 Å². The van der Waals surface area contributed by atoms with E-state index in [1.165, 1.54) is 11.3 Å². The number of nitrogens with two attached hydrogens (primary N) is 1. The second kappa shape index (κ2) is 8.88. The van der Waals surface area contributed by atoms with Gasteiger partial charge in [-0.1, -0.05) is 13.3 Å². The van der Waals surface area contributed by atoms with Gasteiger partial charge in [-0.2, -0.15) is 0 Å². The Morgan fingerprint density at radius 2 is 2.09 bits per heavy atom. The SMILES string of the molecule is CCCC(CNC(=O)OC(C)(C)C)NCc1cc(C(N)=O)cs1. The maximum absolute atomic E-state index is 11.7. The fraction of sp³-hybridized carbons (Fsp3) is 0.625. The Balaban J connectivity index is 2.44. The van der Waals surface area contributed by atoms with Crippen LogP contribution in [-0.4, -0.2) is 30.2 Å². The number of rotatable bonds is 8. The molecule has 1 aromatic rings. The topological polar surface area (TPSA) is 93.4 Å². The highest BCUT2D eigenvalue weighted by molar-refractivity contribution is 7.10. The lowest BCUT2D eigenvalue weighted by molar-refractivity contribution is 0.0521. The third-order valence-electron chi connectivity index (χ3n) is 3.03. The zero-order chi connectivity index (χ0) is 17.5. The molecule has 0 bridgehead atoms. The molecule has 2 amide bonds. The van der Waals surface area contributed by atoms with Crippen molar-refractivity contribution in [1.82, 2.24) is 10.6 Å². The molecule has 0 aliphatic rings. The molecule has 0 aliphatic heterocycles. The van der Waals surface area contributed by atoms with Gasteiger partial charge in [-0.05, 0) is 33.3 Å². The predicted octanol–water partition coefficient (Wildman–Crippen LogP) is 2.63. The molecule has 4 N–H and O–H groups in total. The van der Waals surface area contributed by atoms with Gasteiger partial charge >= 0.3 is 6.09 Å². The lowest BCUT2D eigenvalue weighted by Crippen LogP contribution is -2.42. The van der Waals surface area contributed by atoms with Crippen molar-refractivity contribution in [2.24, 2.45) is 5.73 Å². The molecule has 23 heavy (non-hydrogen) atoms. The van der Waals surface area contributed by atoms with E-state index in [1.807, 2.05) is 20.8 Å². The first kappa shape index (κ1) is 19.4. The zero-order valence-electron chi connectivity index (χ0n) is 14.3. The Hall–Kier alpha value is -1.60. The summed E-state index contributed by atoms with van der Waals surface area (Å²) >= 11 is 1.49. The summed E-state index contributed by atoms with van der Waals surface area (Å²) in [5, 5.41) is 7.94. The summed E-state index contributed by atoms with van der Waals surface area (Å²) in [6, 6.07) is 1.94. The van der Waals surface area contributed by atoms with Crippen LogP contribution in [0.2, 0.25) is 0 Å². The van der Waals surface area contributed by atoms with E-state index in [0.717, 1.165) is 17.7 Å². The molecule has 0 saturated carbocycles. The number of primary amides is 1. The van der Waals surface area contributed by atoms with Crippen molar-refractivity contribution in [3.8, 4) is 0 Å². The Kier molecular flexibility index (Phi) is 7.51. The van der Waals surface area contributed by atoms with E-state index in [-0.39, 0.29) is 6.04 Å². The van der Waals surface area contributed by atoms with Gasteiger partial charge < -0.3 is 21.1 Å². The van der Waals surface area contributed by atoms with Crippen LogP contribution in [0.4, 0.5) is 4.79 Å². The molecule has 1 unspecified atom stereocenters. The second-order valence-corrected chi connectivity index (χ2v) is 7.41. The van der Waals surface area contributed by atoms with Crippen molar-refractivity contribution in [3.63, 3.8) is 0 Å². The molecule has 0 aromatic carbocycles. The van der Waals surface area contributed by atoms with Crippen LogP contribution in [0.5, 0.6) is 0 Å². The van der Waals surface area contributed by atoms with Gasteiger partial charge in [-0.15, -0.1) is 11.3 Å². The minimum atomic E-state index is -0.500. The van der Waals surface area contributed by atoms with E-state index in [1.54, 1.807) is 11.4 Å². The molecule has 1 heterocycles. The van der Waals surface area contributed by atoms with Gasteiger partial charge in [-0.3, -0.25) is 4.79 Å². The van der Waals surface area contributed by atoms with Gasteiger partial charge in [0.05, 0.1) is 5.56 Å². The van der Waals surface area contributed by atoms with Crippen molar-refractivity contribution in [3.05, 3.63) is 21.9 Å². The van der Waals surface area contributed by atoms with Crippen molar-refractivity contribution in [2.75, 3.05) is 6.54 Å². The fourth-order valence-corrected chi connectivity index (χ4v) is 2.82. The summed E-state index contributed by atoms with van der Waals surface area (Å²) in [5.41, 5.74) is 5.28. The highest BCUT2D eigenvalue weighted by atomic mass is 32.1. The number of nitrogens with one attached hydrogen (secondary N) is 2. The average molecular weight is 341 g/mol. The molecular formula is C16H27N3O3S. The number of amides is 2. The number of ether oxygens (including phenoxy) is 1. The summed E-state index contributed by atoms with van der Waals surface area (Å²) in [5.74, 6) is -0.413. The number of alkyl carbamates (subject to hydrolysis) is 1. The molecule has 130 valence electrons. The lowest BCUT2D eigenvalue weighted by Gasteiger charge is -2.22. The monoisotopic (exact) mass is 341 g/mol. The van der Waals surface area contributed by atoms with Crippen LogP contribution in [0.15, 0.2) is 11.4 Å². The minimum absolute atomic E-state index is 0.145. The average Bonchev–Trinajstić information content (AvgIpc) is 2.89. The molecule has 0 aliphatic carbocycles. The third-order valence-corrected chi connectivity index (χ3v) is 3.97. The summed E-state index contributed by atoms with van der Waals surface area (Å²) in [4.78, 5) is 23.8. The lowest BCUT2D eigenvalue weighted by atomic mass is 10.1. The number of thiophene rings is 1. The first-order chi connectivity index (χ1) is 10.7. The van der Waals surface area contributed by atoms with Crippen LogP contribution in [0, 0.1) is 0 Å². The van der Waals surface area contributed by atoms with Crippen LogP contribution in [-0.2, 0) is 11.3 Å². The van der Waals surface area contributed by atoms with Crippen LogP contribution >= 0.6 is 11.3 Å². The molecule has 0 saturated heterocycles. The number of carbonyl (C=O) groups is 2. The molecule has 7 heteroatoms. The molecule has 0 radical (unpaired) electrons. The summed E-state index contributed by atoms with van der Waals surface area (Å²) in [6.07, 6.45) is 1.53. The molecule has 1 aromatic heterocycles. The van der Waals surface area contributed by atoms with Gasteiger partial charge in [-0.25, -0.2) is 4.79 Å². The summed E-state index contributed by atoms with van der Waals surface area (Å²) in [6.45, 7) is 8.73. The highest BCUT2D eigenvalue weighted by Crippen LogP contribution is 2.14. The van der Waals surface area contributed by atoms with E-state index in [2.05, 4.69) is 17.6 Å². The third kappa shape index (κ3) is 7.99. The Morgan fingerprint density at radius 3 is 2.61 bits per heavy atom. The van der Waals surface area contributed by atoms with Crippen LogP contribution in [0.25, 0.3) is 0 Å². The maximum atomic E-state index is 11.7. The first-order valence-corrected chi connectivity index (χ1v) is 8.66. The van der Waals surface area contributed by atoms with Gasteiger partial charge in [0.25, 0.3) is 0 Å². The first-order valence-electron chi connectivity index (χ1n) is 7.78. The van der Waals surface area contributed by atoms with Crippen LogP contribution in [0.1, 0.15) is 55.8 Å². The van der Waals surface area contributed by atoms with E-state index in [0.29, 0.717) is 18.7 Å². The quantitative estimate of drug-likeness (QED) is 0.677. The van der Waals surface area contributed by atoms with Crippen molar-refractivity contribution < 1.29 is 14.3 Å². The Morgan fingerprint density at radius 1 is 1.39 bits per heavy atom. The number of hydrogen-bond donors (Lipinski definition) is 3. The zero-order valence-corrected chi connectivity index (χ0v) is 15.1. The van der Waals surface area contributed by atoms with Gasteiger partial charge in [0.15, 0.2) is 0 Å². The highest BCUT2D eigenvalue weighted by Gasteiger charge is 2.17. The number of carbonyl (C=O) groups excluding carboxylic acids is 2. The van der Waals surface area contributed by atoms with Crippen molar-refractivity contribution >= 4 is 23.3 Å². The number of hydrogen-bond acceptors (Lipinski definition) is 5. The van der Waals surface area contributed by atoms with Gasteiger partial charge in [0.1, 0.15) is 5.60 Å². The van der Waals surface area contributed by atoms with E-state index >= 15 is 0 Å². The Bertz CT molecular complexity index is 523.